The van der Waals surface area contributed by atoms with Crippen LogP contribution in [0.1, 0.15) is 11.3 Å². The van der Waals surface area contributed by atoms with E-state index in [9.17, 15) is 0 Å². The maximum absolute atomic E-state index is 5.77. The van der Waals surface area contributed by atoms with Gasteiger partial charge in [-0.3, -0.25) is 4.68 Å². The average Bonchev–Trinajstić information content (AvgIpc) is 2.76. The molecule has 0 bridgehead atoms. The molecule has 0 saturated carbocycles. The van der Waals surface area contributed by atoms with E-state index in [0.29, 0.717) is 12.5 Å². The fourth-order valence-electron chi connectivity index (χ4n) is 1.64. The fraction of sp³-hybridized carbons (Fsp3) is 0.308. The Hall–Kier alpha value is -1.48. The first kappa shape index (κ1) is 12.0. The van der Waals surface area contributed by atoms with E-state index in [2.05, 4.69) is 5.10 Å². The Morgan fingerprint density at radius 3 is 2.94 bits per heavy atom. The molecule has 2 rings (SSSR count). The van der Waals surface area contributed by atoms with Gasteiger partial charge in [0, 0.05) is 31.2 Å². The number of ether oxygens (including phenoxy) is 1. The molecular formula is C13H15ClN2O. The Balaban J connectivity index is 1.87. The standard InChI is InChI=1S/C13H15ClN2O/c1-16-12(5-7-15-16)6-8-17-13-4-2-3-11(9-13)10-14/h2-5,7,9H,6,8,10H2,1H3. The predicted molar refractivity (Wildman–Crippen MR) is 68.4 cm³/mol. The topological polar surface area (TPSA) is 27.1 Å². The van der Waals surface area contributed by atoms with Gasteiger partial charge in [0.1, 0.15) is 5.75 Å². The summed E-state index contributed by atoms with van der Waals surface area (Å²) in [5.74, 6) is 1.38. The van der Waals surface area contributed by atoms with Crippen molar-refractivity contribution >= 4 is 11.6 Å². The highest BCUT2D eigenvalue weighted by molar-refractivity contribution is 6.17. The average molecular weight is 251 g/mol. The van der Waals surface area contributed by atoms with Crippen LogP contribution < -0.4 is 4.74 Å². The molecule has 1 aromatic heterocycles. The lowest BCUT2D eigenvalue weighted by atomic mass is 10.2. The first-order chi connectivity index (χ1) is 8.29. The van der Waals surface area contributed by atoms with Crippen molar-refractivity contribution in [3.8, 4) is 5.75 Å². The molecule has 1 aromatic carbocycles. The van der Waals surface area contributed by atoms with E-state index in [0.717, 1.165) is 17.7 Å². The molecular weight excluding hydrogens is 236 g/mol. The number of rotatable bonds is 5. The maximum Gasteiger partial charge on any atom is 0.119 e. The quantitative estimate of drug-likeness (QED) is 0.763. The minimum Gasteiger partial charge on any atom is -0.493 e. The molecule has 0 fully saturated rings. The van der Waals surface area contributed by atoms with Gasteiger partial charge in [-0.15, -0.1) is 11.6 Å². The van der Waals surface area contributed by atoms with Crippen molar-refractivity contribution in [1.29, 1.82) is 0 Å². The molecule has 0 aliphatic rings. The smallest absolute Gasteiger partial charge is 0.119 e. The highest BCUT2D eigenvalue weighted by Crippen LogP contribution is 2.15. The first-order valence-electron chi connectivity index (χ1n) is 5.54. The van der Waals surface area contributed by atoms with Crippen molar-refractivity contribution in [3.63, 3.8) is 0 Å². The summed E-state index contributed by atoms with van der Waals surface area (Å²) >= 11 is 5.77. The van der Waals surface area contributed by atoms with Crippen LogP contribution in [0, 0.1) is 0 Å². The highest BCUT2D eigenvalue weighted by atomic mass is 35.5. The third-order valence-corrected chi connectivity index (χ3v) is 2.91. The van der Waals surface area contributed by atoms with Gasteiger partial charge in [-0.2, -0.15) is 5.10 Å². The van der Waals surface area contributed by atoms with Crippen molar-refractivity contribution in [1.82, 2.24) is 9.78 Å². The van der Waals surface area contributed by atoms with Gasteiger partial charge >= 0.3 is 0 Å². The van der Waals surface area contributed by atoms with E-state index in [4.69, 9.17) is 16.3 Å². The number of nitrogens with zero attached hydrogens (tertiary/aromatic N) is 2. The molecule has 0 saturated heterocycles. The van der Waals surface area contributed by atoms with Crippen LogP contribution in [0.2, 0.25) is 0 Å². The molecule has 0 spiro atoms. The number of aryl methyl sites for hydroxylation is 1. The van der Waals surface area contributed by atoms with Crippen molar-refractivity contribution in [2.24, 2.45) is 7.05 Å². The van der Waals surface area contributed by atoms with Crippen LogP contribution in [0.15, 0.2) is 36.5 Å². The molecule has 1 heterocycles. The van der Waals surface area contributed by atoms with Gasteiger partial charge in [-0.05, 0) is 23.8 Å². The van der Waals surface area contributed by atoms with Gasteiger partial charge in [-0.1, -0.05) is 12.1 Å². The lowest BCUT2D eigenvalue weighted by Crippen LogP contribution is -2.06. The van der Waals surface area contributed by atoms with Gasteiger partial charge < -0.3 is 4.74 Å². The molecule has 0 amide bonds. The predicted octanol–water partition coefficient (Wildman–Crippen LogP) is 2.78. The second-order valence-corrected chi connectivity index (χ2v) is 4.09. The zero-order valence-electron chi connectivity index (χ0n) is 9.77. The van der Waals surface area contributed by atoms with Crippen LogP contribution in [-0.2, 0) is 19.3 Å². The molecule has 0 aliphatic carbocycles. The second kappa shape index (κ2) is 5.73. The lowest BCUT2D eigenvalue weighted by molar-refractivity contribution is 0.318. The number of benzene rings is 1. The minimum atomic E-state index is 0.513. The van der Waals surface area contributed by atoms with E-state index < -0.39 is 0 Å². The van der Waals surface area contributed by atoms with Crippen molar-refractivity contribution in [3.05, 3.63) is 47.8 Å². The maximum atomic E-state index is 5.77. The highest BCUT2D eigenvalue weighted by Gasteiger charge is 2.00. The van der Waals surface area contributed by atoms with Gasteiger partial charge in [-0.25, -0.2) is 0 Å². The van der Waals surface area contributed by atoms with Crippen LogP contribution in [0.3, 0.4) is 0 Å². The van der Waals surface area contributed by atoms with Crippen LogP contribution in [0.25, 0.3) is 0 Å². The van der Waals surface area contributed by atoms with Crippen molar-refractivity contribution in [2.45, 2.75) is 12.3 Å². The number of aromatic nitrogens is 2. The molecule has 0 N–H and O–H groups in total. The monoisotopic (exact) mass is 250 g/mol. The third kappa shape index (κ3) is 3.24. The number of alkyl halides is 1. The minimum absolute atomic E-state index is 0.513. The van der Waals surface area contributed by atoms with Crippen LogP contribution in [-0.4, -0.2) is 16.4 Å². The van der Waals surface area contributed by atoms with E-state index in [1.54, 1.807) is 6.20 Å². The Labute approximate surface area is 106 Å². The lowest BCUT2D eigenvalue weighted by Gasteiger charge is -2.07. The van der Waals surface area contributed by atoms with Crippen molar-refractivity contribution in [2.75, 3.05) is 6.61 Å². The zero-order chi connectivity index (χ0) is 12.1. The number of hydrogen-bond donors (Lipinski definition) is 0. The summed E-state index contributed by atoms with van der Waals surface area (Å²) in [5.41, 5.74) is 2.24. The summed E-state index contributed by atoms with van der Waals surface area (Å²) in [4.78, 5) is 0. The summed E-state index contributed by atoms with van der Waals surface area (Å²) in [7, 11) is 1.93. The van der Waals surface area contributed by atoms with Gasteiger partial charge in [0.2, 0.25) is 0 Å². The normalized spacial score (nSPS) is 10.5. The summed E-state index contributed by atoms with van der Waals surface area (Å²) in [6.45, 7) is 0.644. The molecule has 0 atom stereocenters. The molecule has 0 radical (unpaired) electrons. The molecule has 3 nitrogen and oxygen atoms in total. The number of halogens is 1. The van der Waals surface area contributed by atoms with Gasteiger partial charge in [0.05, 0.1) is 6.61 Å². The van der Waals surface area contributed by atoms with Crippen LogP contribution in [0.4, 0.5) is 0 Å². The molecule has 4 heteroatoms. The molecule has 2 aromatic rings. The second-order valence-electron chi connectivity index (χ2n) is 3.83. The Morgan fingerprint density at radius 2 is 2.24 bits per heavy atom. The third-order valence-electron chi connectivity index (χ3n) is 2.60. The van der Waals surface area contributed by atoms with E-state index in [1.807, 2.05) is 42.1 Å². The van der Waals surface area contributed by atoms with E-state index in [1.165, 1.54) is 5.69 Å². The van der Waals surface area contributed by atoms with E-state index >= 15 is 0 Å². The largest absolute Gasteiger partial charge is 0.493 e. The van der Waals surface area contributed by atoms with Gasteiger partial charge in [0.15, 0.2) is 0 Å². The van der Waals surface area contributed by atoms with Crippen LogP contribution in [0.5, 0.6) is 5.75 Å². The molecule has 0 unspecified atom stereocenters. The SMILES string of the molecule is Cn1nccc1CCOc1cccc(CCl)c1. The Kier molecular flexibility index (Phi) is 4.04. The zero-order valence-corrected chi connectivity index (χ0v) is 10.5. The van der Waals surface area contributed by atoms with Gasteiger partial charge in [0.25, 0.3) is 0 Å². The van der Waals surface area contributed by atoms with E-state index in [-0.39, 0.29) is 0 Å². The fourth-order valence-corrected chi connectivity index (χ4v) is 1.80. The summed E-state index contributed by atoms with van der Waals surface area (Å²) < 4.78 is 7.54. The Morgan fingerprint density at radius 1 is 1.35 bits per heavy atom. The molecule has 0 aliphatic heterocycles. The Bertz CT molecular complexity index is 482. The molecule has 17 heavy (non-hydrogen) atoms. The molecule has 90 valence electrons. The summed E-state index contributed by atoms with van der Waals surface area (Å²) in [6.07, 6.45) is 2.64. The number of hydrogen-bond acceptors (Lipinski definition) is 2. The van der Waals surface area contributed by atoms with Crippen LogP contribution >= 0.6 is 11.6 Å². The summed E-state index contributed by atoms with van der Waals surface area (Å²) in [6, 6.07) is 9.85. The summed E-state index contributed by atoms with van der Waals surface area (Å²) in [5, 5.41) is 4.11. The van der Waals surface area contributed by atoms with Crippen molar-refractivity contribution < 1.29 is 4.74 Å². The first-order valence-corrected chi connectivity index (χ1v) is 6.07.